The maximum absolute atomic E-state index is 10.2. The van der Waals surface area contributed by atoms with E-state index < -0.39 is 54.6 Å². The van der Waals surface area contributed by atoms with Gasteiger partial charge in [-0.05, 0) is 0 Å². The molecule has 19 nitrogen and oxygen atoms in total. The van der Waals surface area contributed by atoms with Gasteiger partial charge in [-0.3, -0.25) is 13.4 Å². The molecule has 0 spiro atoms. The molecule has 0 aliphatic carbocycles. The van der Waals surface area contributed by atoms with Gasteiger partial charge in [0.15, 0.2) is 17.7 Å². The number of hydrogen-bond acceptors (Lipinski definition) is 16. The standard InChI is InChI=1S/C10H13N5O4.ClH.Mg.2Na.H5O10P3/c11-8-5-9(13-2-12-8)15(3-14-5)10-7(18)6(17)4(1-16)19-10;;;;;1-11(2,3)9-13(7,8)10-12(4,5)6/h2-4,6-7,10,16-18H,1H2,(H2,11,12,13);1H;;;;(H,7,8)(H2,1,2,3)(H2,4,5,6)/q;;+2;2*+1;/p-4/t4-,6-,7-,10-;;;;;/m1...../s1. The van der Waals surface area contributed by atoms with E-state index in [-0.39, 0.29) is 100 Å². The zero-order valence-electron chi connectivity index (χ0n) is 18.4. The van der Waals surface area contributed by atoms with E-state index in [2.05, 4.69) is 23.6 Å². The average Bonchev–Trinajstić information content (AvgIpc) is 3.14. The van der Waals surface area contributed by atoms with Gasteiger partial charge in [0.1, 0.15) is 30.2 Å². The predicted octanol–water partition coefficient (Wildman–Crippen LogP) is -13.9. The molecule has 7 N–H and O–H groups in total. The van der Waals surface area contributed by atoms with Gasteiger partial charge in [-0.25, -0.2) is 23.8 Å². The zero-order valence-corrected chi connectivity index (χ0v) is 27.2. The Morgan fingerprint density at radius 3 is 2.06 bits per heavy atom. The first-order chi connectivity index (χ1) is 14.5. The molecule has 0 bridgehead atoms. The Morgan fingerprint density at radius 2 is 1.61 bits per heavy atom. The SMILES string of the molecule is Nc1ncnc2c1ncn2[C@@H]1O[C@H](CO)[C@@H](O)[C@H]1O.O=P([O-])([O-])OP(=O)([O-])OP(=O)(O)O.[Cl-].[Mg+2].[Na+].[Na+]. The number of anilines is 1. The minimum atomic E-state index is -5.92. The molecule has 26 heteroatoms. The van der Waals surface area contributed by atoms with Gasteiger partial charge in [-0.1, -0.05) is 0 Å². The Kier molecular flexibility index (Phi) is 19.7. The number of phosphoric acid groups is 3. The monoisotopic (exact) mass is 627 g/mol. The Hall–Kier alpha value is 1.66. The summed E-state index contributed by atoms with van der Waals surface area (Å²) in [6, 6.07) is 0. The number of halogens is 1. The second-order valence-corrected chi connectivity index (χ2v) is 9.94. The van der Waals surface area contributed by atoms with Gasteiger partial charge in [0, 0.05) is 0 Å². The first kappa shape index (κ1) is 42.1. The van der Waals surface area contributed by atoms with Crippen molar-refractivity contribution < 1.29 is 138 Å². The van der Waals surface area contributed by atoms with Crippen molar-refractivity contribution in [3.05, 3.63) is 12.7 Å². The second kappa shape index (κ2) is 16.8. The summed E-state index contributed by atoms with van der Waals surface area (Å²) in [5.41, 5.74) is 6.44. The van der Waals surface area contributed by atoms with E-state index in [1.165, 1.54) is 17.2 Å². The number of nitrogens with two attached hydrogens (primary N) is 1. The summed E-state index contributed by atoms with van der Waals surface area (Å²) < 4.78 is 42.2. The molecule has 1 fully saturated rings. The van der Waals surface area contributed by atoms with Crippen LogP contribution in [0.4, 0.5) is 5.82 Å². The number of nitrogens with zero attached hydrogens (tertiary/aromatic N) is 4. The van der Waals surface area contributed by atoms with Crippen LogP contribution in [0.2, 0.25) is 0 Å². The normalized spacial score (nSPS) is 23.0. The average molecular weight is 628 g/mol. The van der Waals surface area contributed by atoms with Crippen molar-refractivity contribution in [2.45, 2.75) is 24.5 Å². The minimum absolute atomic E-state index is 0. The molecule has 1 saturated heterocycles. The summed E-state index contributed by atoms with van der Waals surface area (Å²) in [5.74, 6) is 0.218. The van der Waals surface area contributed by atoms with Crippen molar-refractivity contribution in [3.63, 3.8) is 0 Å². The summed E-state index contributed by atoms with van der Waals surface area (Å²) in [6.45, 7) is -0.390. The van der Waals surface area contributed by atoms with Gasteiger partial charge in [0.05, 0.1) is 20.8 Å². The van der Waals surface area contributed by atoms with E-state index in [1.54, 1.807) is 0 Å². The molecule has 190 valence electrons. The third-order valence-corrected chi connectivity index (χ3v) is 6.84. The fraction of sp³-hybridized carbons (Fsp3) is 0.500. The van der Waals surface area contributed by atoms with E-state index in [9.17, 15) is 38.6 Å². The van der Waals surface area contributed by atoms with Gasteiger partial charge in [0.2, 0.25) is 0 Å². The Bertz CT molecular complexity index is 1080. The van der Waals surface area contributed by atoms with Crippen molar-refractivity contribution in [1.29, 1.82) is 0 Å². The molecule has 0 amide bonds. The number of rotatable bonds is 6. The van der Waals surface area contributed by atoms with E-state index >= 15 is 0 Å². The number of aliphatic hydroxyl groups is 3. The second-order valence-electron chi connectivity index (χ2n) is 5.86. The first-order valence-corrected chi connectivity index (χ1v) is 12.4. The fourth-order valence-corrected chi connectivity index (χ4v) is 4.84. The van der Waals surface area contributed by atoms with Gasteiger partial charge in [-0.15, -0.1) is 0 Å². The van der Waals surface area contributed by atoms with Gasteiger partial charge >= 0.3 is 90.0 Å². The molecule has 36 heavy (non-hydrogen) atoms. The number of imidazole rings is 1. The van der Waals surface area contributed by atoms with Crippen molar-refractivity contribution >= 4 is 63.5 Å². The van der Waals surface area contributed by atoms with Crippen LogP contribution in [-0.4, -0.2) is 92.6 Å². The molecular formula is C10H15ClMgN5Na2O14P3. The van der Waals surface area contributed by atoms with Crippen molar-refractivity contribution in [2.75, 3.05) is 12.3 Å². The summed E-state index contributed by atoms with van der Waals surface area (Å²) in [6.07, 6.45) is -1.42. The summed E-state index contributed by atoms with van der Waals surface area (Å²) >= 11 is 0. The van der Waals surface area contributed by atoms with Crippen LogP contribution < -0.4 is 91.9 Å². The van der Waals surface area contributed by atoms with E-state index in [4.69, 9.17) is 25.4 Å². The Balaban J connectivity index is -0.000000580. The maximum Gasteiger partial charge on any atom is 2.00 e. The minimum Gasteiger partial charge on any atom is -1.00 e. The quantitative estimate of drug-likeness (QED) is 0.128. The number of hydrogen-bond donors (Lipinski definition) is 6. The van der Waals surface area contributed by atoms with Crippen LogP contribution in [0.1, 0.15) is 6.23 Å². The summed E-state index contributed by atoms with van der Waals surface area (Å²) in [5, 5.41) is 28.7. The first-order valence-electron chi connectivity index (χ1n) is 7.91. The van der Waals surface area contributed by atoms with Gasteiger partial charge < -0.3 is 67.2 Å². The molecule has 3 rings (SSSR count). The van der Waals surface area contributed by atoms with Crippen LogP contribution in [0.3, 0.4) is 0 Å². The third kappa shape index (κ3) is 12.4. The molecule has 0 radical (unpaired) electrons. The number of fused-ring (bicyclic) bond motifs is 1. The zero-order chi connectivity index (χ0) is 24.5. The van der Waals surface area contributed by atoms with Crippen molar-refractivity contribution in [2.24, 2.45) is 0 Å². The summed E-state index contributed by atoms with van der Waals surface area (Å²) in [7, 11) is -17.2. The Morgan fingerprint density at radius 1 is 1.06 bits per heavy atom. The largest absolute Gasteiger partial charge is 2.00 e. The van der Waals surface area contributed by atoms with E-state index in [1.807, 2.05) is 0 Å². The number of aromatic nitrogens is 4. The molecule has 0 aromatic carbocycles. The van der Waals surface area contributed by atoms with E-state index in [0.29, 0.717) is 11.2 Å². The molecule has 1 aliphatic heterocycles. The molecule has 1 aliphatic rings. The van der Waals surface area contributed by atoms with E-state index in [0.717, 1.165) is 0 Å². The van der Waals surface area contributed by atoms with Crippen LogP contribution in [-0.2, 0) is 27.1 Å². The predicted molar refractivity (Wildman–Crippen MR) is 97.9 cm³/mol. The maximum atomic E-state index is 10.2. The summed E-state index contributed by atoms with van der Waals surface area (Å²) in [4.78, 5) is 57.2. The molecule has 0 saturated carbocycles. The molecule has 3 heterocycles. The van der Waals surface area contributed by atoms with Crippen LogP contribution in [0.25, 0.3) is 11.2 Å². The van der Waals surface area contributed by atoms with Crippen LogP contribution >= 0.6 is 23.5 Å². The number of ether oxygens (including phenoxy) is 1. The number of aliphatic hydroxyl groups excluding tert-OH is 3. The third-order valence-electron chi connectivity index (χ3n) is 3.58. The Labute approximate surface area is 268 Å². The van der Waals surface area contributed by atoms with Crippen LogP contribution in [0.15, 0.2) is 12.7 Å². The van der Waals surface area contributed by atoms with Crippen LogP contribution in [0.5, 0.6) is 0 Å². The van der Waals surface area contributed by atoms with Crippen molar-refractivity contribution in [3.8, 4) is 0 Å². The topological polar surface area (TPSA) is 319 Å². The molecule has 5 atom stereocenters. The van der Waals surface area contributed by atoms with Gasteiger partial charge in [0.25, 0.3) is 7.82 Å². The fourth-order valence-electron chi connectivity index (χ4n) is 2.43. The molecule has 1 unspecified atom stereocenters. The molecule has 2 aromatic rings. The smallest absolute Gasteiger partial charge is 1.00 e. The van der Waals surface area contributed by atoms with Crippen LogP contribution in [0, 0.1) is 0 Å². The van der Waals surface area contributed by atoms with Gasteiger partial charge in [-0.2, -0.15) is 0 Å². The van der Waals surface area contributed by atoms with Crippen molar-refractivity contribution in [1.82, 2.24) is 19.5 Å². The number of nitrogen functional groups attached to an aromatic ring is 1. The molecular weight excluding hydrogens is 613 g/mol. The molecule has 2 aromatic heterocycles.